The molecule has 0 saturated heterocycles. The molecule has 0 N–H and O–H groups in total. The normalized spacial score (nSPS) is 11.6. The molecule has 0 amide bonds. The molecule has 0 aliphatic heterocycles. The zero-order chi connectivity index (χ0) is 22.0. The number of aryl methyl sites for hydroxylation is 1. The van der Waals surface area contributed by atoms with Gasteiger partial charge in [0.15, 0.2) is 5.65 Å². The predicted octanol–water partition coefficient (Wildman–Crippen LogP) is 3.83. The van der Waals surface area contributed by atoms with E-state index < -0.39 is 15.8 Å². The van der Waals surface area contributed by atoms with E-state index in [1.807, 2.05) is 6.92 Å². The van der Waals surface area contributed by atoms with Gasteiger partial charge in [-0.2, -0.15) is 0 Å². The van der Waals surface area contributed by atoms with Crippen LogP contribution in [0.3, 0.4) is 0 Å². The average Bonchev–Trinajstić information content (AvgIpc) is 3.20. The summed E-state index contributed by atoms with van der Waals surface area (Å²) < 4.78 is 49.7. The van der Waals surface area contributed by atoms with E-state index in [2.05, 4.69) is 10.2 Å². The molecule has 0 radical (unpaired) electrons. The Morgan fingerprint density at radius 3 is 2.61 bits per heavy atom. The number of pyridine rings is 1. The standard InChI is InChI=1S/C22H21FN4O3S/c1-3-21-24-25-22-20(11-6-12-26(21)22)31(28,29)27(18-9-5-8-17(23)14-18)15-16-7-4-10-19(13-16)30-2/h4-14H,3,15H2,1-2H3. The minimum atomic E-state index is -4.11. The number of anilines is 1. The SMILES string of the molecule is CCc1nnc2c(S(=O)(=O)N(Cc3cccc(OC)c3)c3cccc(F)c3)cccn12. The molecule has 4 aromatic rings. The molecule has 160 valence electrons. The summed E-state index contributed by atoms with van der Waals surface area (Å²) in [4.78, 5) is -0.00522. The summed E-state index contributed by atoms with van der Waals surface area (Å²) in [5, 5.41) is 8.19. The Balaban J connectivity index is 1.87. The van der Waals surface area contributed by atoms with Crippen LogP contribution in [0.2, 0.25) is 0 Å². The first-order valence-corrected chi connectivity index (χ1v) is 11.1. The summed E-state index contributed by atoms with van der Waals surface area (Å²) >= 11 is 0. The summed E-state index contributed by atoms with van der Waals surface area (Å²) in [6.45, 7) is 1.90. The summed E-state index contributed by atoms with van der Waals surface area (Å²) in [6, 6.07) is 15.7. The van der Waals surface area contributed by atoms with Crippen molar-refractivity contribution in [3.63, 3.8) is 0 Å². The highest BCUT2D eigenvalue weighted by Crippen LogP contribution is 2.29. The third-order valence-corrected chi connectivity index (χ3v) is 6.70. The van der Waals surface area contributed by atoms with Crippen molar-refractivity contribution >= 4 is 21.4 Å². The fourth-order valence-electron chi connectivity index (χ4n) is 3.38. The maximum atomic E-state index is 14.0. The van der Waals surface area contributed by atoms with Gasteiger partial charge in [0.05, 0.1) is 19.3 Å². The lowest BCUT2D eigenvalue weighted by molar-refractivity contribution is 0.414. The summed E-state index contributed by atoms with van der Waals surface area (Å²) in [7, 11) is -2.57. The molecule has 0 spiro atoms. The Morgan fingerprint density at radius 1 is 1.06 bits per heavy atom. The smallest absolute Gasteiger partial charge is 0.268 e. The number of methoxy groups -OCH3 is 1. The number of nitrogens with zero attached hydrogens (tertiary/aromatic N) is 4. The zero-order valence-electron chi connectivity index (χ0n) is 17.1. The molecule has 0 aliphatic carbocycles. The van der Waals surface area contributed by atoms with Crippen LogP contribution in [-0.2, 0) is 23.0 Å². The second-order valence-corrected chi connectivity index (χ2v) is 8.71. The average molecular weight is 441 g/mol. The van der Waals surface area contributed by atoms with Gasteiger partial charge < -0.3 is 4.74 Å². The van der Waals surface area contributed by atoms with Gasteiger partial charge in [-0.3, -0.25) is 8.71 Å². The van der Waals surface area contributed by atoms with Crippen LogP contribution in [0.15, 0.2) is 71.8 Å². The second-order valence-electron chi connectivity index (χ2n) is 6.88. The molecule has 0 fully saturated rings. The number of fused-ring (bicyclic) bond motifs is 1. The Morgan fingerprint density at radius 2 is 1.87 bits per heavy atom. The third kappa shape index (κ3) is 3.96. The van der Waals surface area contributed by atoms with Crippen molar-refractivity contribution in [1.29, 1.82) is 0 Å². The second kappa shape index (κ2) is 8.35. The zero-order valence-corrected chi connectivity index (χ0v) is 17.9. The van der Waals surface area contributed by atoms with Gasteiger partial charge in [0, 0.05) is 12.6 Å². The van der Waals surface area contributed by atoms with Crippen molar-refractivity contribution in [1.82, 2.24) is 14.6 Å². The van der Waals surface area contributed by atoms with E-state index in [0.717, 1.165) is 0 Å². The lowest BCUT2D eigenvalue weighted by Gasteiger charge is -2.25. The molecular formula is C22H21FN4O3S. The Kier molecular flexibility index (Phi) is 5.60. The van der Waals surface area contributed by atoms with Gasteiger partial charge in [-0.25, -0.2) is 12.8 Å². The van der Waals surface area contributed by atoms with E-state index in [-0.39, 0.29) is 22.8 Å². The number of rotatable bonds is 7. The first-order valence-electron chi connectivity index (χ1n) is 9.68. The number of hydrogen-bond acceptors (Lipinski definition) is 5. The number of ether oxygens (including phenoxy) is 1. The van der Waals surface area contributed by atoms with E-state index in [1.165, 1.54) is 35.7 Å². The first kappa shape index (κ1) is 20.8. The number of sulfonamides is 1. The quantitative estimate of drug-likeness (QED) is 0.437. The minimum absolute atomic E-state index is 0.00522. The molecule has 0 unspecified atom stereocenters. The molecule has 2 heterocycles. The lowest BCUT2D eigenvalue weighted by atomic mass is 10.2. The van der Waals surface area contributed by atoms with Crippen molar-refractivity contribution in [3.8, 4) is 5.75 Å². The largest absolute Gasteiger partial charge is 0.497 e. The first-order chi connectivity index (χ1) is 14.9. The van der Waals surface area contributed by atoms with Crippen LogP contribution in [0.1, 0.15) is 18.3 Å². The van der Waals surface area contributed by atoms with E-state index in [1.54, 1.807) is 47.0 Å². The fourth-order valence-corrected chi connectivity index (χ4v) is 4.95. The van der Waals surface area contributed by atoms with E-state index in [0.29, 0.717) is 23.6 Å². The Bertz CT molecular complexity index is 1340. The molecule has 0 bridgehead atoms. The summed E-state index contributed by atoms with van der Waals surface area (Å²) in [6.07, 6.45) is 2.32. The van der Waals surface area contributed by atoms with Crippen molar-refractivity contribution in [2.75, 3.05) is 11.4 Å². The molecule has 2 aromatic carbocycles. The molecule has 4 rings (SSSR count). The molecular weight excluding hydrogens is 419 g/mol. The minimum Gasteiger partial charge on any atom is -0.497 e. The van der Waals surface area contributed by atoms with Gasteiger partial charge in [-0.1, -0.05) is 25.1 Å². The maximum absolute atomic E-state index is 14.0. The predicted molar refractivity (Wildman–Crippen MR) is 115 cm³/mol. The van der Waals surface area contributed by atoms with Crippen LogP contribution in [0.4, 0.5) is 10.1 Å². The van der Waals surface area contributed by atoms with E-state index in [4.69, 9.17) is 4.74 Å². The van der Waals surface area contributed by atoms with Crippen LogP contribution in [0.5, 0.6) is 5.75 Å². The van der Waals surface area contributed by atoms with Gasteiger partial charge >= 0.3 is 0 Å². The number of hydrogen-bond donors (Lipinski definition) is 0. The van der Waals surface area contributed by atoms with Gasteiger partial charge in [-0.15, -0.1) is 10.2 Å². The molecule has 0 saturated carbocycles. The molecule has 0 aliphatic rings. The molecule has 31 heavy (non-hydrogen) atoms. The van der Waals surface area contributed by atoms with Gasteiger partial charge in [0.2, 0.25) is 0 Å². The van der Waals surface area contributed by atoms with E-state index in [9.17, 15) is 12.8 Å². The highest BCUT2D eigenvalue weighted by atomic mass is 32.2. The van der Waals surface area contributed by atoms with Gasteiger partial charge in [0.25, 0.3) is 10.0 Å². The van der Waals surface area contributed by atoms with Crippen LogP contribution in [-0.4, -0.2) is 30.1 Å². The molecule has 9 heteroatoms. The van der Waals surface area contributed by atoms with Crippen LogP contribution >= 0.6 is 0 Å². The number of halogens is 1. The maximum Gasteiger partial charge on any atom is 0.268 e. The number of benzene rings is 2. The third-order valence-electron chi connectivity index (χ3n) is 4.91. The highest BCUT2D eigenvalue weighted by molar-refractivity contribution is 7.93. The highest BCUT2D eigenvalue weighted by Gasteiger charge is 2.29. The molecule has 0 atom stereocenters. The lowest BCUT2D eigenvalue weighted by Crippen LogP contribution is -2.31. The Labute approximate surface area is 179 Å². The summed E-state index contributed by atoms with van der Waals surface area (Å²) in [5.74, 6) is 0.718. The van der Waals surface area contributed by atoms with Crippen molar-refractivity contribution in [2.24, 2.45) is 0 Å². The molecule has 2 aromatic heterocycles. The van der Waals surface area contributed by atoms with Gasteiger partial charge in [-0.05, 0) is 48.0 Å². The fraction of sp³-hybridized carbons (Fsp3) is 0.182. The van der Waals surface area contributed by atoms with Crippen LogP contribution in [0, 0.1) is 5.82 Å². The van der Waals surface area contributed by atoms with Crippen LogP contribution < -0.4 is 9.04 Å². The molecule has 7 nitrogen and oxygen atoms in total. The summed E-state index contributed by atoms with van der Waals surface area (Å²) in [5.41, 5.74) is 1.13. The van der Waals surface area contributed by atoms with Crippen molar-refractivity contribution in [3.05, 3.63) is 84.1 Å². The van der Waals surface area contributed by atoms with Crippen molar-refractivity contribution < 1.29 is 17.5 Å². The van der Waals surface area contributed by atoms with Gasteiger partial charge in [0.1, 0.15) is 22.3 Å². The van der Waals surface area contributed by atoms with Crippen molar-refractivity contribution in [2.45, 2.75) is 24.8 Å². The Hall–Kier alpha value is -3.46. The van der Waals surface area contributed by atoms with E-state index >= 15 is 0 Å². The number of aromatic nitrogens is 3. The topological polar surface area (TPSA) is 76.8 Å². The monoisotopic (exact) mass is 440 g/mol. The van der Waals surface area contributed by atoms with Crippen LogP contribution in [0.25, 0.3) is 5.65 Å².